The first-order valence-electron chi connectivity index (χ1n) is 10.0. The fourth-order valence-corrected chi connectivity index (χ4v) is 7.68. The molecule has 0 amide bonds. The van der Waals surface area contributed by atoms with E-state index in [1.807, 2.05) is 0 Å². The number of rotatable bonds is 3. The Balaban J connectivity index is 1.47. The SMILES string of the molecule is O=C(CBr)[C@H]1CC[C@H]2[C@@H]3CC[C@@H]4C[C@@](O)(C(F)F)CC[C@@H]4[C@H]3CC[C@@H]21. The van der Waals surface area contributed by atoms with Gasteiger partial charge in [-0.25, -0.2) is 8.78 Å². The molecule has 2 nitrogen and oxygen atoms in total. The van der Waals surface area contributed by atoms with Crippen LogP contribution < -0.4 is 0 Å². The molecule has 0 bridgehead atoms. The van der Waals surface area contributed by atoms with E-state index in [4.69, 9.17) is 0 Å². The molecule has 8 atom stereocenters. The van der Waals surface area contributed by atoms with Crippen LogP contribution in [0.1, 0.15) is 57.8 Å². The van der Waals surface area contributed by atoms with Gasteiger partial charge in [0.25, 0.3) is 6.43 Å². The smallest absolute Gasteiger partial charge is 0.266 e. The highest BCUT2D eigenvalue weighted by Gasteiger charge is 2.55. The van der Waals surface area contributed by atoms with E-state index in [2.05, 4.69) is 15.9 Å². The lowest BCUT2D eigenvalue weighted by Gasteiger charge is -2.54. The van der Waals surface area contributed by atoms with Crippen LogP contribution in [0.5, 0.6) is 0 Å². The van der Waals surface area contributed by atoms with Gasteiger partial charge in [-0.15, -0.1) is 0 Å². The number of carbonyl (C=O) groups is 1. The van der Waals surface area contributed by atoms with Crippen LogP contribution in [0.3, 0.4) is 0 Å². The van der Waals surface area contributed by atoms with Crippen molar-refractivity contribution in [3.63, 3.8) is 0 Å². The topological polar surface area (TPSA) is 37.3 Å². The Hall–Kier alpha value is -0.0300. The summed E-state index contributed by atoms with van der Waals surface area (Å²) in [5.41, 5.74) is -1.74. The number of hydrogen-bond acceptors (Lipinski definition) is 2. The third-order valence-corrected chi connectivity index (χ3v) is 8.87. The van der Waals surface area contributed by atoms with Gasteiger partial charge in [-0.3, -0.25) is 4.79 Å². The van der Waals surface area contributed by atoms with E-state index in [9.17, 15) is 18.7 Å². The lowest BCUT2D eigenvalue weighted by molar-refractivity contribution is -0.155. The van der Waals surface area contributed by atoms with E-state index in [0.29, 0.717) is 40.7 Å². The van der Waals surface area contributed by atoms with Gasteiger partial charge in [-0.2, -0.15) is 0 Å². The Kier molecular flexibility index (Phi) is 5.02. The number of ketones is 1. The van der Waals surface area contributed by atoms with Crippen molar-refractivity contribution in [1.29, 1.82) is 0 Å². The van der Waals surface area contributed by atoms with Gasteiger partial charge in [0.2, 0.25) is 0 Å². The Morgan fingerprint density at radius 1 is 0.960 bits per heavy atom. The summed E-state index contributed by atoms with van der Waals surface area (Å²) in [5, 5.41) is 10.7. The predicted octanol–water partition coefficient (Wildman–Crippen LogP) is 4.83. The van der Waals surface area contributed by atoms with E-state index in [1.54, 1.807) is 0 Å². The molecule has 0 spiro atoms. The van der Waals surface area contributed by atoms with Crippen LogP contribution in [0.4, 0.5) is 8.78 Å². The molecule has 0 aromatic heterocycles. The number of Topliss-reactive ketones (excluding diaryl/α,β-unsaturated/α-hetero) is 1. The van der Waals surface area contributed by atoms with Crippen LogP contribution in [-0.4, -0.2) is 28.2 Å². The van der Waals surface area contributed by atoms with E-state index in [1.165, 1.54) is 6.42 Å². The highest BCUT2D eigenvalue weighted by Crippen LogP contribution is 2.60. The van der Waals surface area contributed by atoms with Crippen LogP contribution in [-0.2, 0) is 4.79 Å². The molecule has 0 aromatic carbocycles. The van der Waals surface area contributed by atoms with Gasteiger partial charge < -0.3 is 5.11 Å². The summed E-state index contributed by atoms with van der Waals surface area (Å²) < 4.78 is 26.5. The van der Waals surface area contributed by atoms with Crippen molar-refractivity contribution in [3.05, 3.63) is 0 Å². The van der Waals surface area contributed by atoms with Crippen LogP contribution >= 0.6 is 15.9 Å². The molecule has 4 aliphatic carbocycles. The molecular weight excluding hydrogens is 390 g/mol. The molecule has 1 N–H and O–H groups in total. The highest BCUT2D eigenvalue weighted by molar-refractivity contribution is 9.09. The van der Waals surface area contributed by atoms with Gasteiger partial charge in [0.15, 0.2) is 0 Å². The van der Waals surface area contributed by atoms with Crippen molar-refractivity contribution in [1.82, 2.24) is 0 Å². The summed E-state index contributed by atoms with van der Waals surface area (Å²) in [6, 6.07) is 0. The lowest BCUT2D eigenvalue weighted by atomic mass is 9.52. The van der Waals surface area contributed by atoms with Crippen LogP contribution in [0, 0.1) is 41.4 Å². The molecule has 25 heavy (non-hydrogen) atoms. The molecule has 4 saturated carbocycles. The fourth-order valence-electron chi connectivity index (χ4n) is 7.26. The first kappa shape index (κ1) is 18.3. The number of alkyl halides is 3. The number of aliphatic hydroxyl groups is 1. The molecule has 4 fully saturated rings. The Morgan fingerprint density at radius 3 is 2.28 bits per heavy atom. The first-order valence-corrected chi connectivity index (χ1v) is 11.2. The third-order valence-electron chi connectivity index (χ3n) is 8.31. The van der Waals surface area contributed by atoms with Crippen LogP contribution in [0.25, 0.3) is 0 Å². The number of hydrogen-bond donors (Lipinski definition) is 1. The average Bonchev–Trinajstić information content (AvgIpc) is 3.04. The molecule has 0 heterocycles. The van der Waals surface area contributed by atoms with E-state index < -0.39 is 12.0 Å². The maximum atomic E-state index is 13.2. The number of fused-ring (bicyclic) bond motifs is 5. The van der Waals surface area contributed by atoms with Gasteiger partial charge in [-0.1, -0.05) is 15.9 Å². The molecule has 5 heteroatoms. The molecule has 0 saturated heterocycles. The van der Waals surface area contributed by atoms with Gasteiger partial charge in [0, 0.05) is 5.92 Å². The minimum atomic E-state index is -2.62. The molecular formula is C20H29BrF2O2. The quantitative estimate of drug-likeness (QED) is 0.666. The second-order valence-corrected chi connectivity index (χ2v) is 9.73. The standard InChI is InChI=1S/C20H29BrF2O2/c21-10-18(24)17-6-5-15-14-2-1-11-9-20(25,19(22)23)8-7-12(11)13(14)3-4-16(15)17/h11-17,19,25H,1-10H2/t11-,12+,13-,14-,15+,16+,17+,20-/m1/s1. The predicted molar refractivity (Wildman–Crippen MR) is 95.7 cm³/mol. The molecule has 0 unspecified atom stereocenters. The highest BCUT2D eigenvalue weighted by atomic mass is 79.9. The minimum Gasteiger partial charge on any atom is -0.384 e. The summed E-state index contributed by atoms with van der Waals surface area (Å²) in [6.07, 6.45) is 5.30. The second-order valence-electron chi connectivity index (χ2n) is 9.16. The lowest BCUT2D eigenvalue weighted by Crippen LogP contribution is -2.51. The summed E-state index contributed by atoms with van der Waals surface area (Å²) >= 11 is 3.34. The molecule has 0 aromatic rings. The molecule has 4 aliphatic rings. The largest absolute Gasteiger partial charge is 0.384 e. The van der Waals surface area contributed by atoms with Crippen molar-refractivity contribution < 1.29 is 18.7 Å². The van der Waals surface area contributed by atoms with Gasteiger partial charge >= 0.3 is 0 Å². The molecule has 0 radical (unpaired) electrons. The van der Waals surface area contributed by atoms with E-state index in [-0.39, 0.29) is 24.7 Å². The summed E-state index contributed by atoms with van der Waals surface area (Å²) in [5.74, 6) is 3.97. The van der Waals surface area contributed by atoms with Crippen molar-refractivity contribution in [2.45, 2.75) is 69.8 Å². The Morgan fingerprint density at radius 2 is 1.56 bits per heavy atom. The zero-order chi connectivity index (χ0) is 17.8. The van der Waals surface area contributed by atoms with E-state index in [0.717, 1.165) is 38.5 Å². The maximum Gasteiger partial charge on any atom is 0.266 e. The zero-order valence-electron chi connectivity index (χ0n) is 14.7. The van der Waals surface area contributed by atoms with Gasteiger partial charge in [0.05, 0.1) is 5.33 Å². The van der Waals surface area contributed by atoms with E-state index >= 15 is 0 Å². The molecule has 4 rings (SSSR count). The van der Waals surface area contributed by atoms with Crippen molar-refractivity contribution in [2.24, 2.45) is 41.4 Å². The number of carbonyl (C=O) groups excluding carboxylic acids is 1. The monoisotopic (exact) mass is 418 g/mol. The average molecular weight is 419 g/mol. The van der Waals surface area contributed by atoms with Crippen LogP contribution in [0.15, 0.2) is 0 Å². The van der Waals surface area contributed by atoms with Gasteiger partial charge in [-0.05, 0) is 93.3 Å². The summed E-state index contributed by atoms with van der Waals surface area (Å²) in [6.45, 7) is 0. The number of halogens is 3. The van der Waals surface area contributed by atoms with Crippen molar-refractivity contribution in [3.8, 4) is 0 Å². The van der Waals surface area contributed by atoms with Crippen LogP contribution in [0.2, 0.25) is 0 Å². The normalized spacial score (nSPS) is 49.4. The summed E-state index contributed by atoms with van der Waals surface area (Å²) in [7, 11) is 0. The Labute approximate surface area is 157 Å². The minimum absolute atomic E-state index is 0.248. The van der Waals surface area contributed by atoms with Gasteiger partial charge in [0.1, 0.15) is 11.4 Å². The third kappa shape index (κ3) is 3.01. The first-order chi connectivity index (χ1) is 11.9. The fraction of sp³-hybridized carbons (Fsp3) is 0.950. The van der Waals surface area contributed by atoms with Crippen molar-refractivity contribution >= 4 is 21.7 Å². The Bertz CT molecular complexity index is 528. The maximum absolute atomic E-state index is 13.2. The summed E-state index contributed by atoms with van der Waals surface area (Å²) in [4.78, 5) is 12.2. The second kappa shape index (κ2) is 6.85. The molecule has 142 valence electrons. The molecule has 0 aliphatic heterocycles. The van der Waals surface area contributed by atoms with Crippen molar-refractivity contribution in [2.75, 3.05) is 5.33 Å². The zero-order valence-corrected chi connectivity index (χ0v) is 16.3.